The summed E-state index contributed by atoms with van der Waals surface area (Å²) >= 11 is 0. The molecule has 4 heteroatoms. The van der Waals surface area contributed by atoms with E-state index in [-0.39, 0.29) is 29.2 Å². The molecule has 0 unspecified atom stereocenters. The summed E-state index contributed by atoms with van der Waals surface area (Å²) in [5.41, 5.74) is 2.25. The van der Waals surface area contributed by atoms with E-state index in [4.69, 9.17) is 5.11 Å². The Morgan fingerprint density at radius 2 is 1.21 bits per heavy atom. The monoisotopic (exact) mass is 566 g/mol. The SMILES string of the molecule is CCCCCCCCCCCCCCCCCCc1ccc[cH-]1.O=C(O)CCCCC([O-])=C1C=CC=C1.[Fe+2]. The summed E-state index contributed by atoms with van der Waals surface area (Å²) in [6.45, 7) is 2.30. The van der Waals surface area contributed by atoms with Crippen molar-refractivity contribution in [3.63, 3.8) is 0 Å². The number of aryl methyl sites for hydroxylation is 1. The van der Waals surface area contributed by atoms with Crippen LogP contribution in [0.2, 0.25) is 0 Å². The Hall–Kier alpha value is -1.64. The summed E-state index contributed by atoms with van der Waals surface area (Å²) in [6.07, 6.45) is 33.5. The van der Waals surface area contributed by atoms with Gasteiger partial charge in [0.15, 0.2) is 0 Å². The minimum absolute atomic E-state index is 0. The molecule has 38 heavy (non-hydrogen) atoms. The van der Waals surface area contributed by atoms with Gasteiger partial charge in [0.2, 0.25) is 0 Å². The maximum Gasteiger partial charge on any atom is 2.00 e. The third kappa shape index (κ3) is 22.4. The standard InChI is InChI=1S/C23H41.C11H14O3.Fe/c1-2-3-4-5-6-7-8-9-10-11-12-13-14-15-16-17-20-23-21-18-19-22-23;12-10(9-5-1-2-6-9)7-3-4-8-11(13)14;/h18-19,21-22H,2-17,20H2,1H3;1-2,5-6,12H,3-4,7-8H2,(H,13,14);/q-1;;+2/p-1. The van der Waals surface area contributed by atoms with E-state index in [0.717, 1.165) is 5.57 Å². The van der Waals surface area contributed by atoms with Crippen LogP contribution in [0.15, 0.2) is 59.9 Å². The molecule has 0 saturated carbocycles. The molecule has 2 rings (SSSR count). The second-order valence-electron chi connectivity index (χ2n) is 10.5. The van der Waals surface area contributed by atoms with Gasteiger partial charge in [-0.1, -0.05) is 140 Å². The second kappa shape index (κ2) is 26.9. The average Bonchev–Trinajstić information content (AvgIpc) is 3.61. The Morgan fingerprint density at radius 3 is 1.66 bits per heavy atom. The van der Waals surface area contributed by atoms with E-state index in [2.05, 4.69) is 31.2 Å². The van der Waals surface area contributed by atoms with E-state index < -0.39 is 5.97 Å². The van der Waals surface area contributed by atoms with E-state index in [0.29, 0.717) is 19.3 Å². The molecule has 1 aliphatic rings. The summed E-state index contributed by atoms with van der Waals surface area (Å²) < 4.78 is 0. The number of hydrogen-bond acceptors (Lipinski definition) is 2. The minimum Gasteiger partial charge on any atom is -0.875 e. The molecule has 0 amide bonds. The van der Waals surface area contributed by atoms with Gasteiger partial charge in [-0.2, -0.15) is 17.7 Å². The van der Waals surface area contributed by atoms with Crippen LogP contribution in [0, 0.1) is 0 Å². The number of unbranched alkanes of at least 4 members (excludes halogenated alkanes) is 16. The van der Waals surface area contributed by atoms with Crippen molar-refractivity contribution in [3.05, 3.63) is 65.5 Å². The largest absolute Gasteiger partial charge is 2.00 e. The number of carbonyl (C=O) groups is 1. The molecule has 3 nitrogen and oxygen atoms in total. The molecule has 0 aromatic heterocycles. The van der Waals surface area contributed by atoms with Crippen LogP contribution >= 0.6 is 0 Å². The van der Waals surface area contributed by atoms with E-state index >= 15 is 0 Å². The van der Waals surface area contributed by atoms with Gasteiger partial charge in [0.1, 0.15) is 0 Å². The van der Waals surface area contributed by atoms with E-state index in [1.165, 1.54) is 115 Å². The van der Waals surface area contributed by atoms with Crippen LogP contribution in [0.25, 0.3) is 0 Å². The fraction of sp³-hybridized carbons (Fsp3) is 0.647. The van der Waals surface area contributed by atoms with Crippen molar-refractivity contribution in [2.75, 3.05) is 0 Å². The maximum absolute atomic E-state index is 11.4. The third-order valence-corrected chi connectivity index (χ3v) is 7.08. The van der Waals surface area contributed by atoms with Crippen molar-refractivity contribution in [1.82, 2.24) is 0 Å². The first-order valence-corrected chi connectivity index (χ1v) is 15.3. The first-order chi connectivity index (χ1) is 18.1. The number of aliphatic carboxylic acids is 1. The quantitative estimate of drug-likeness (QED) is 0.0658. The Bertz CT molecular complexity index is 732. The Balaban J connectivity index is 0.000000783. The Morgan fingerprint density at radius 1 is 0.737 bits per heavy atom. The molecule has 1 N–H and O–H groups in total. The predicted molar refractivity (Wildman–Crippen MR) is 157 cm³/mol. The van der Waals surface area contributed by atoms with Gasteiger partial charge in [-0.15, -0.1) is 5.76 Å². The maximum atomic E-state index is 11.4. The molecule has 0 spiro atoms. The van der Waals surface area contributed by atoms with Crippen molar-refractivity contribution in [2.45, 2.75) is 142 Å². The molecule has 0 aliphatic heterocycles. The smallest absolute Gasteiger partial charge is 0.875 e. The van der Waals surface area contributed by atoms with Crippen LogP contribution in [-0.4, -0.2) is 11.1 Å². The van der Waals surface area contributed by atoms with Gasteiger partial charge in [0, 0.05) is 6.42 Å². The average molecular weight is 567 g/mol. The van der Waals surface area contributed by atoms with Gasteiger partial charge in [0.25, 0.3) is 0 Å². The fourth-order valence-corrected chi connectivity index (χ4v) is 4.72. The van der Waals surface area contributed by atoms with E-state index in [1.807, 2.05) is 12.2 Å². The topological polar surface area (TPSA) is 60.4 Å². The Kier molecular flexibility index (Phi) is 25.8. The molecule has 1 aliphatic carbocycles. The summed E-state index contributed by atoms with van der Waals surface area (Å²) in [4.78, 5) is 10.2. The van der Waals surface area contributed by atoms with Crippen LogP contribution in [0.4, 0.5) is 0 Å². The Labute approximate surface area is 244 Å². The van der Waals surface area contributed by atoms with Crippen LogP contribution in [0.1, 0.15) is 141 Å². The van der Waals surface area contributed by atoms with Crippen molar-refractivity contribution in [2.24, 2.45) is 0 Å². The molecule has 0 saturated heterocycles. The molecule has 0 fully saturated rings. The first kappa shape index (κ1) is 36.4. The summed E-state index contributed by atoms with van der Waals surface area (Å²) in [5.74, 6) is -0.703. The molecule has 0 heterocycles. The molecular formula is C34H54FeO3. The second-order valence-corrected chi connectivity index (χ2v) is 10.5. The summed E-state index contributed by atoms with van der Waals surface area (Å²) in [7, 11) is 0. The molecule has 0 atom stereocenters. The zero-order chi connectivity index (χ0) is 26.8. The third-order valence-electron chi connectivity index (χ3n) is 7.08. The minimum atomic E-state index is -0.800. The van der Waals surface area contributed by atoms with Crippen molar-refractivity contribution in [1.29, 1.82) is 0 Å². The zero-order valence-corrected chi connectivity index (χ0v) is 25.2. The summed E-state index contributed by atoms with van der Waals surface area (Å²) in [5, 5.41) is 19.8. The number of carboxylic acids is 1. The molecule has 0 bridgehead atoms. The van der Waals surface area contributed by atoms with E-state index in [1.54, 1.807) is 12.2 Å². The zero-order valence-electron chi connectivity index (χ0n) is 24.1. The summed E-state index contributed by atoms with van der Waals surface area (Å²) in [6, 6.07) is 8.82. The van der Waals surface area contributed by atoms with Gasteiger partial charge >= 0.3 is 23.0 Å². The number of hydrogen-bond donors (Lipinski definition) is 1. The van der Waals surface area contributed by atoms with Gasteiger partial charge in [-0.3, -0.25) is 4.79 Å². The number of allylic oxidation sites excluding steroid dienone is 6. The molecule has 0 radical (unpaired) electrons. The van der Waals surface area contributed by atoms with Crippen molar-refractivity contribution in [3.8, 4) is 0 Å². The molecule has 1 aromatic carbocycles. The molecule has 1 aromatic rings. The molecular weight excluding hydrogens is 512 g/mol. The normalized spacial score (nSPS) is 11.8. The predicted octanol–water partition coefficient (Wildman–Crippen LogP) is 9.58. The molecule has 216 valence electrons. The van der Waals surface area contributed by atoms with Crippen LogP contribution in [0.3, 0.4) is 0 Å². The van der Waals surface area contributed by atoms with Crippen LogP contribution in [0.5, 0.6) is 0 Å². The van der Waals surface area contributed by atoms with Crippen molar-refractivity contribution < 1.29 is 32.1 Å². The van der Waals surface area contributed by atoms with Crippen molar-refractivity contribution >= 4 is 5.97 Å². The fourth-order valence-electron chi connectivity index (χ4n) is 4.72. The van der Waals surface area contributed by atoms with E-state index in [9.17, 15) is 9.90 Å². The van der Waals surface area contributed by atoms with Gasteiger partial charge in [-0.25, -0.2) is 12.1 Å². The number of carboxylic acid groups (broad SMARTS) is 1. The van der Waals surface area contributed by atoms with Gasteiger partial charge in [-0.05, 0) is 24.8 Å². The van der Waals surface area contributed by atoms with Gasteiger partial charge in [0.05, 0.1) is 0 Å². The number of rotatable bonds is 22. The van der Waals surface area contributed by atoms with Crippen LogP contribution in [-0.2, 0) is 28.3 Å². The first-order valence-electron chi connectivity index (χ1n) is 15.3. The van der Waals surface area contributed by atoms with Gasteiger partial charge < -0.3 is 10.2 Å². The van der Waals surface area contributed by atoms with Crippen LogP contribution < -0.4 is 5.11 Å².